The van der Waals surface area contributed by atoms with Gasteiger partial charge in [0.2, 0.25) is 0 Å². The quantitative estimate of drug-likeness (QED) is 0.803. The molecule has 0 aliphatic carbocycles. The topological polar surface area (TPSA) is 66.5 Å². The summed E-state index contributed by atoms with van der Waals surface area (Å²) in [5.41, 5.74) is 2.35. The molecule has 0 saturated carbocycles. The number of hydrogen-bond acceptors (Lipinski definition) is 6. The Morgan fingerprint density at radius 1 is 1.27 bits per heavy atom. The number of carbonyl (C=O) groups is 1. The summed E-state index contributed by atoms with van der Waals surface area (Å²) in [6.45, 7) is 8.42. The number of anilines is 1. The largest absolute Gasteiger partial charge is 0.372 e. The summed E-state index contributed by atoms with van der Waals surface area (Å²) in [4.78, 5) is 18.3. The van der Waals surface area contributed by atoms with E-state index in [1.165, 1.54) is 0 Å². The molecule has 0 aromatic carbocycles. The van der Waals surface area contributed by atoms with Crippen LogP contribution in [0.4, 0.5) is 5.69 Å². The Labute approximate surface area is 131 Å². The number of nitrogens with zero attached hydrogens (tertiary/aromatic N) is 2. The zero-order valence-electron chi connectivity index (χ0n) is 13.2. The van der Waals surface area contributed by atoms with E-state index in [1.54, 1.807) is 0 Å². The lowest BCUT2D eigenvalue weighted by atomic mass is 10.1. The minimum absolute atomic E-state index is 0.159. The average molecular weight is 304 g/mol. The van der Waals surface area contributed by atoms with Crippen molar-refractivity contribution in [1.29, 1.82) is 0 Å². The zero-order valence-corrected chi connectivity index (χ0v) is 13.2. The fourth-order valence-electron chi connectivity index (χ4n) is 3.27. The van der Waals surface area contributed by atoms with Crippen molar-refractivity contribution in [3.8, 4) is 0 Å². The van der Waals surface area contributed by atoms with Crippen LogP contribution >= 0.6 is 0 Å². The molecule has 3 heterocycles. The summed E-state index contributed by atoms with van der Waals surface area (Å²) in [5, 5.41) is 6.77. The smallest absolute Gasteiger partial charge is 0.170 e. The third-order valence-corrected chi connectivity index (χ3v) is 4.19. The summed E-state index contributed by atoms with van der Waals surface area (Å²) < 4.78 is 5.76. The van der Waals surface area contributed by atoms with Gasteiger partial charge in [0.25, 0.3) is 0 Å². The van der Waals surface area contributed by atoms with Crippen LogP contribution < -0.4 is 15.5 Å². The molecular formula is C16H24N4O2. The van der Waals surface area contributed by atoms with E-state index in [9.17, 15) is 4.79 Å². The Kier molecular flexibility index (Phi) is 4.71. The zero-order chi connectivity index (χ0) is 15.5. The van der Waals surface area contributed by atoms with Crippen molar-refractivity contribution in [2.24, 2.45) is 0 Å². The molecular weight excluding hydrogens is 280 g/mol. The lowest BCUT2D eigenvalue weighted by Crippen LogP contribution is -2.46. The Morgan fingerprint density at radius 2 is 2.05 bits per heavy atom. The first kappa shape index (κ1) is 15.4. The normalized spacial score (nSPS) is 29.4. The van der Waals surface area contributed by atoms with Gasteiger partial charge in [-0.2, -0.15) is 0 Å². The minimum atomic E-state index is 0.159. The van der Waals surface area contributed by atoms with Crippen LogP contribution in [-0.2, 0) is 4.74 Å². The van der Waals surface area contributed by atoms with Crippen molar-refractivity contribution in [3.05, 3.63) is 23.5 Å². The van der Waals surface area contributed by atoms with E-state index in [2.05, 4.69) is 34.4 Å². The first-order valence-corrected chi connectivity index (χ1v) is 7.98. The third-order valence-electron chi connectivity index (χ3n) is 4.19. The van der Waals surface area contributed by atoms with Crippen molar-refractivity contribution in [2.45, 2.75) is 32.1 Å². The Morgan fingerprint density at radius 3 is 2.68 bits per heavy atom. The maximum atomic E-state index is 11.5. The molecule has 0 spiro atoms. The predicted molar refractivity (Wildman–Crippen MR) is 85.5 cm³/mol. The van der Waals surface area contributed by atoms with Gasteiger partial charge in [0.15, 0.2) is 6.29 Å². The van der Waals surface area contributed by atoms with Crippen LogP contribution in [0.2, 0.25) is 0 Å². The summed E-state index contributed by atoms with van der Waals surface area (Å²) in [6.07, 6.45) is 1.18. The fourth-order valence-corrected chi connectivity index (χ4v) is 3.27. The molecule has 120 valence electrons. The van der Waals surface area contributed by atoms with E-state index < -0.39 is 0 Å². The van der Waals surface area contributed by atoms with E-state index in [0.29, 0.717) is 5.69 Å². The van der Waals surface area contributed by atoms with Gasteiger partial charge in [-0.05, 0) is 26.0 Å². The van der Waals surface area contributed by atoms with Gasteiger partial charge in [0, 0.05) is 32.7 Å². The van der Waals surface area contributed by atoms with Gasteiger partial charge in [-0.25, -0.2) is 4.98 Å². The first-order valence-electron chi connectivity index (χ1n) is 7.98. The third kappa shape index (κ3) is 3.29. The second kappa shape index (κ2) is 6.73. The molecule has 22 heavy (non-hydrogen) atoms. The van der Waals surface area contributed by atoms with Crippen LogP contribution in [0.1, 0.15) is 36.1 Å². The SMILES string of the molecule is C[C@@H]1CN(c2ccc(C3CNCCN3)nc2C=O)C[C@H](C)O1. The number of rotatable bonds is 3. The molecule has 6 nitrogen and oxygen atoms in total. The lowest BCUT2D eigenvalue weighted by molar-refractivity contribution is -0.00527. The number of ether oxygens (including phenoxy) is 1. The number of carbonyl (C=O) groups excluding carboxylic acids is 1. The Hall–Kier alpha value is -1.50. The summed E-state index contributed by atoms with van der Waals surface area (Å²) in [6, 6.07) is 4.22. The van der Waals surface area contributed by atoms with Crippen molar-refractivity contribution >= 4 is 12.0 Å². The molecule has 2 aliphatic rings. The van der Waals surface area contributed by atoms with Crippen molar-refractivity contribution < 1.29 is 9.53 Å². The molecule has 3 atom stereocenters. The molecule has 0 bridgehead atoms. The number of piperazine rings is 1. The van der Waals surface area contributed by atoms with Crippen molar-refractivity contribution in [3.63, 3.8) is 0 Å². The minimum Gasteiger partial charge on any atom is -0.372 e. The maximum absolute atomic E-state index is 11.5. The molecule has 0 amide bonds. The lowest BCUT2D eigenvalue weighted by Gasteiger charge is -2.37. The molecule has 1 aromatic heterocycles. The van der Waals surface area contributed by atoms with Crippen LogP contribution in [0.5, 0.6) is 0 Å². The highest BCUT2D eigenvalue weighted by Crippen LogP contribution is 2.24. The van der Waals surface area contributed by atoms with Gasteiger partial charge in [0.1, 0.15) is 5.69 Å². The van der Waals surface area contributed by atoms with Crippen molar-refractivity contribution in [1.82, 2.24) is 15.6 Å². The Bertz CT molecular complexity index is 521. The maximum Gasteiger partial charge on any atom is 0.170 e. The number of aldehydes is 1. The van der Waals surface area contributed by atoms with E-state index in [-0.39, 0.29) is 18.2 Å². The second-order valence-electron chi connectivity index (χ2n) is 6.13. The Balaban J connectivity index is 1.84. The highest BCUT2D eigenvalue weighted by Gasteiger charge is 2.25. The highest BCUT2D eigenvalue weighted by atomic mass is 16.5. The van der Waals surface area contributed by atoms with Crippen LogP contribution in [0.3, 0.4) is 0 Å². The summed E-state index contributed by atoms with van der Waals surface area (Å²) in [5.74, 6) is 0. The van der Waals surface area contributed by atoms with Gasteiger partial charge in [-0.1, -0.05) is 0 Å². The van der Waals surface area contributed by atoms with Gasteiger partial charge in [-0.3, -0.25) is 4.79 Å². The number of hydrogen-bond donors (Lipinski definition) is 2. The monoisotopic (exact) mass is 304 g/mol. The van der Waals surface area contributed by atoms with E-state index in [0.717, 1.165) is 50.4 Å². The molecule has 1 unspecified atom stereocenters. The van der Waals surface area contributed by atoms with E-state index in [4.69, 9.17) is 4.74 Å². The number of aromatic nitrogens is 1. The summed E-state index contributed by atoms with van der Waals surface area (Å²) >= 11 is 0. The van der Waals surface area contributed by atoms with Gasteiger partial charge in [0.05, 0.1) is 29.6 Å². The van der Waals surface area contributed by atoms with E-state index >= 15 is 0 Å². The molecule has 0 radical (unpaired) electrons. The predicted octanol–water partition coefficient (Wildman–Crippen LogP) is 0.742. The fraction of sp³-hybridized carbons (Fsp3) is 0.625. The molecule has 3 rings (SSSR count). The second-order valence-corrected chi connectivity index (χ2v) is 6.13. The van der Waals surface area contributed by atoms with Crippen LogP contribution in [0.25, 0.3) is 0 Å². The molecule has 2 N–H and O–H groups in total. The van der Waals surface area contributed by atoms with Crippen molar-refractivity contribution in [2.75, 3.05) is 37.6 Å². The first-order chi connectivity index (χ1) is 10.7. The standard InChI is InChI=1S/C16H24N4O2/c1-11-8-20(9-12(2)22-11)16-4-3-13(19-15(16)10-21)14-7-17-5-6-18-14/h3-4,10-12,14,17-18H,5-9H2,1-2H3/t11-,12+,14?. The number of pyridine rings is 1. The number of nitrogens with one attached hydrogen (secondary N) is 2. The van der Waals surface area contributed by atoms with Gasteiger partial charge >= 0.3 is 0 Å². The van der Waals surface area contributed by atoms with Crippen LogP contribution in [0, 0.1) is 0 Å². The molecule has 1 aromatic rings. The van der Waals surface area contributed by atoms with Gasteiger partial charge in [-0.15, -0.1) is 0 Å². The van der Waals surface area contributed by atoms with Gasteiger partial charge < -0.3 is 20.3 Å². The highest BCUT2D eigenvalue weighted by molar-refractivity contribution is 5.82. The van der Waals surface area contributed by atoms with Crippen LogP contribution in [-0.4, -0.2) is 56.2 Å². The van der Waals surface area contributed by atoms with Crippen LogP contribution in [0.15, 0.2) is 12.1 Å². The molecule has 2 saturated heterocycles. The molecule has 2 aliphatic heterocycles. The summed E-state index contributed by atoms with van der Waals surface area (Å²) in [7, 11) is 0. The molecule has 2 fully saturated rings. The average Bonchev–Trinajstić information content (AvgIpc) is 2.54. The van der Waals surface area contributed by atoms with E-state index in [1.807, 2.05) is 12.1 Å². The molecule has 6 heteroatoms. The number of morpholine rings is 1.